The van der Waals surface area contributed by atoms with E-state index in [1.165, 1.54) is 0 Å². The third kappa shape index (κ3) is 20.6. The summed E-state index contributed by atoms with van der Waals surface area (Å²) in [5, 5.41) is 15.9. The molecule has 31 heavy (non-hydrogen) atoms. The van der Waals surface area contributed by atoms with Crippen LogP contribution >= 0.6 is 0 Å². The van der Waals surface area contributed by atoms with Crippen molar-refractivity contribution in [3.63, 3.8) is 0 Å². The number of hydrogen-bond donors (Lipinski definition) is 4. The molecular weight excluding hydrogens is 414 g/mol. The second-order valence-corrected chi connectivity index (χ2v) is 7.22. The van der Waals surface area contributed by atoms with Gasteiger partial charge in [0.1, 0.15) is 12.2 Å². The molecule has 0 aliphatic carbocycles. The number of hydrogen-bond acceptors (Lipinski definition) is 9. The lowest BCUT2D eigenvalue weighted by molar-refractivity contribution is -0.145. The first kappa shape index (κ1) is 28.6. The van der Waals surface area contributed by atoms with E-state index in [2.05, 4.69) is 16.0 Å². The summed E-state index contributed by atoms with van der Waals surface area (Å²) in [4.78, 5) is 46.2. The van der Waals surface area contributed by atoms with Gasteiger partial charge in [0.2, 0.25) is 11.8 Å². The number of aliphatic hydroxyl groups is 1. The highest BCUT2D eigenvalue weighted by Crippen LogP contribution is 2.05. The van der Waals surface area contributed by atoms with Gasteiger partial charge in [-0.15, -0.1) is 0 Å². The maximum absolute atomic E-state index is 11.6. The van der Waals surface area contributed by atoms with E-state index in [0.29, 0.717) is 26.4 Å². The molecule has 0 unspecified atom stereocenters. The molecule has 12 nitrogen and oxygen atoms in total. The Kier molecular flexibility index (Phi) is 15.9. The number of esters is 1. The van der Waals surface area contributed by atoms with Gasteiger partial charge in [0.25, 0.3) is 0 Å². The van der Waals surface area contributed by atoms with Gasteiger partial charge in [-0.1, -0.05) is 0 Å². The molecule has 0 atom stereocenters. The average Bonchev–Trinajstić information content (AvgIpc) is 2.68. The number of rotatable bonds is 16. The molecule has 3 amide bonds. The second kappa shape index (κ2) is 17.3. The van der Waals surface area contributed by atoms with E-state index in [1.54, 1.807) is 20.8 Å². The first-order chi connectivity index (χ1) is 14.6. The summed E-state index contributed by atoms with van der Waals surface area (Å²) in [5.74, 6) is -1.32. The Bertz CT molecular complexity index is 550. The lowest BCUT2D eigenvalue weighted by Gasteiger charge is -2.19. The summed E-state index contributed by atoms with van der Waals surface area (Å²) in [7, 11) is 0. The van der Waals surface area contributed by atoms with Gasteiger partial charge in [-0.25, -0.2) is 4.79 Å². The van der Waals surface area contributed by atoms with Crippen molar-refractivity contribution in [2.24, 2.45) is 0 Å². The first-order valence-corrected chi connectivity index (χ1v) is 10.1. The number of alkyl carbamates (subject to hydrolysis) is 1. The number of ether oxygens (including phenoxy) is 4. The van der Waals surface area contributed by atoms with Crippen molar-refractivity contribution in [1.82, 2.24) is 16.0 Å². The molecule has 12 heteroatoms. The summed E-state index contributed by atoms with van der Waals surface area (Å²) in [5.41, 5.74) is -0.657. The SMILES string of the molecule is CC(C)(C)OC(=O)NCC(=O)NCCOC(=O)CCC(=O)NCCOCCOCCO. The Hall–Kier alpha value is -2.44. The molecule has 0 aliphatic rings. The smallest absolute Gasteiger partial charge is 0.408 e. The Morgan fingerprint density at radius 1 is 0.774 bits per heavy atom. The lowest BCUT2D eigenvalue weighted by atomic mass is 10.2. The van der Waals surface area contributed by atoms with Crippen LogP contribution in [-0.4, -0.2) is 93.9 Å². The Morgan fingerprint density at radius 3 is 2.03 bits per heavy atom. The van der Waals surface area contributed by atoms with Crippen molar-refractivity contribution in [2.75, 3.05) is 59.3 Å². The minimum absolute atomic E-state index is 0.0232. The van der Waals surface area contributed by atoms with Crippen LogP contribution in [0.3, 0.4) is 0 Å². The fraction of sp³-hybridized carbons (Fsp3) is 0.789. The maximum Gasteiger partial charge on any atom is 0.408 e. The van der Waals surface area contributed by atoms with Crippen LogP contribution in [0.1, 0.15) is 33.6 Å². The van der Waals surface area contributed by atoms with Gasteiger partial charge in [0.05, 0.1) is 52.5 Å². The van der Waals surface area contributed by atoms with Crippen molar-refractivity contribution in [3.8, 4) is 0 Å². The third-order valence-electron chi connectivity index (χ3n) is 3.21. The topological polar surface area (TPSA) is 162 Å². The molecule has 0 bridgehead atoms. The van der Waals surface area contributed by atoms with Gasteiger partial charge in [-0.3, -0.25) is 14.4 Å². The molecule has 180 valence electrons. The molecule has 0 saturated carbocycles. The highest BCUT2D eigenvalue weighted by atomic mass is 16.6. The molecule has 0 heterocycles. The van der Waals surface area contributed by atoms with Crippen molar-refractivity contribution in [2.45, 2.75) is 39.2 Å². The molecule has 0 fully saturated rings. The minimum Gasteiger partial charge on any atom is -0.464 e. The van der Waals surface area contributed by atoms with Gasteiger partial charge in [-0.2, -0.15) is 0 Å². The zero-order chi connectivity index (χ0) is 23.5. The van der Waals surface area contributed by atoms with Gasteiger partial charge in [0, 0.05) is 13.0 Å². The van der Waals surface area contributed by atoms with Gasteiger partial charge >= 0.3 is 12.1 Å². The van der Waals surface area contributed by atoms with E-state index in [1.807, 2.05) is 0 Å². The van der Waals surface area contributed by atoms with Crippen LogP contribution in [0.15, 0.2) is 0 Å². The fourth-order valence-electron chi connectivity index (χ4n) is 1.91. The number of amides is 3. The number of carbonyl (C=O) groups excluding carboxylic acids is 4. The zero-order valence-corrected chi connectivity index (χ0v) is 18.5. The molecular formula is C19H35N3O9. The maximum atomic E-state index is 11.6. The number of carbonyl (C=O) groups is 4. The monoisotopic (exact) mass is 449 g/mol. The van der Waals surface area contributed by atoms with Crippen molar-refractivity contribution in [1.29, 1.82) is 0 Å². The highest BCUT2D eigenvalue weighted by molar-refractivity contribution is 5.82. The number of nitrogens with one attached hydrogen (secondary N) is 3. The molecule has 0 saturated heterocycles. The van der Waals surface area contributed by atoms with Crippen LogP contribution in [0.25, 0.3) is 0 Å². The summed E-state index contributed by atoms with van der Waals surface area (Å²) in [6.07, 6.45) is -0.813. The van der Waals surface area contributed by atoms with Crippen LogP contribution in [0.5, 0.6) is 0 Å². The predicted octanol–water partition coefficient (Wildman–Crippen LogP) is -0.908. The zero-order valence-electron chi connectivity index (χ0n) is 18.5. The van der Waals surface area contributed by atoms with E-state index in [9.17, 15) is 19.2 Å². The lowest BCUT2D eigenvalue weighted by Crippen LogP contribution is -2.40. The summed E-state index contributed by atoms with van der Waals surface area (Å²) < 4.78 is 20.1. The minimum atomic E-state index is -0.703. The Morgan fingerprint density at radius 2 is 1.39 bits per heavy atom. The normalized spacial score (nSPS) is 10.8. The molecule has 0 aliphatic heterocycles. The van der Waals surface area contributed by atoms with Crippen molar-refractivity contribution >= 4 is 23.9 Å². The van der Waals surface area contributed by atoms with Crippen LogP contribution < -0.4 is 16.0 Å². The quantitative estimate of drug-likeness (QED) is 0.173. The molecule has 0 rings (SSSR count). The first-order valence-electron chi connectivity index (χ1n) is 10.1. The van der Waals surface area contributed by atoms with Crippen molar-refractivity contribution < 1.29 is 43.2 Å². The van der Waals surface area contributed by atoms with E-state index >= 15 is 0 Å². The number of aliphatic hydroxyl groups excluding tert-OH is 1. The Balaban J connectivity index is 3.61. The van der Waals surface area contributed by atoms with E-state index < -0.39 is 23.6 Å². The van der Waals surface area contributed by atoms with Crippen molar-refractivity contribution in [3.05, 3.63) is 0 Å². The molecule has 0 aromatic rings. The van der Waals surface area contributed by atoms with Crippen LogP contribution in [0.2, 0.25) is 0 Å². The highest BCUT2D eigenvalue weighted by Gasteiger charge is 2.16. The van der Waals surface area contributed by atoms with Gasteiger partial charge in [0.15, 0.2) is 0 Å². The second-order valence-electron chi connectivity index (χ2n) is 7.22. The molecule has 4 N–H and O–H groups in total. The predicted molar refractivity (Wildman–Crippen MR) is 109 cm³/mol. The Labute approximate surface area is 182 Å². The van der Waals surface area contributed by atoms with Gasteiger partial charge in [-0.05, 0) is 20.8 Å². The largest absolute Gasteiger partial charge is 0.464 e. The summed E-state index contributed by atoms with van der Waals surface area (Å²) in [6, 6.07) is 0. The average molecular weight is 450 g/mol. The molecule has 0 spiro atoms. The van der Waals surface area contributed by atoms with E-state index in [4.69, 9.17) is 24.1 Å². The van der Waals surface area contributed by atoms with Crippen LogP contribution in [0, 0.1) is 0 Å². The summed E-state index contributed by atoms with van der Waals surface area (Å²) >= 11 is 0. The van der Waals surface area contributed by atoms with Crippen LogP contribution in [-0.2, 0) is 33.3 Å². The van der Waals surface area contributed by atoms with Crippen LogP contribution in [0.4, 0.5) is 4.79 Å². The van der Waals surface area contributed by atoms with E-state index in [0.717, 1.165) is 0 Å². The molecule has 0 aromatic heterocycles. The molecule has 0 radical (unpaired) electrons. The van der Waals surface area contributed by atoms with E-state index in [-0.39, 0.29) is 51.7 Å². The van der Waals surface area contributed by atoms with Gasteiger partial charge < -0.3 is 40.0 Å². The fourth-order valence-corrected chi connectivity index (χ4v) is 1.91. The molecule has 0 aromatic carbocycles. The third-order valence-corrected chi connectivity index (χ3v) is 3.21. The summed E-state index contributed by atoms with van der Waals surface area (Å²) in [6.45, 7) is 6.43. The standard InChI is InChI=1S/C19H35N3O9/c1-19(2,3)31-18(27)22-14-16(25)21-7-10-30-17(26)5-4-15(24)20-6-9-28-12-13-29-11-8-23/h23H,4-14H2,1-3H3,(H,20,24)(H,21,25)(H,22,27).